The van der Waals surface area contributed by atoms with Gasteiger partial charge in [-0.1, -0.05) is 6.58 Å². The average Bonchev–Trinajstić information content (AvgIpc) is 1.99. The van der Waals surface area contributed by atoms with E-state index in [9.17, 15) is 35.1 Å². The Labute approximate surface area is 84.0 Å². The lowest BCUT2D eigenvalue weighted by Gasteiger charge is -2.30. The van der Waals surface area contributed by atoms with Gasteiger partial charge in [-0.3, -0.25) is 0 Å². The standard InChI is InChI=1S/C7H4F8O/c1-2-16-7(14,15)5(10,3-4(8)9)6(11,12)13/h2-3H,1H2. The quantitative estimate of drug-likeness (QED) is 0.549. The molecule has 1 atom stereocenters. The van der Waals surface area contributed by atoms with Gasteiger partial charge in [-0.2, -0.15) is 30.7 Å². The molecule has 0 amide bonds. The molecule has 0 aliphatic rings. The number of ether oxygens (including phenoxy) is 1. The summed E-state index contributed by atoms with van der Waals surface area (Å²) in [5.74, 6) is 0. The lowest BCUT2D eigenvalue weighted by Crippen LogP contribution is -2.54. The molecule has 0 rings (SSSR count). The molecule has 0 fully saturated rings. The molecule has 0 saturated heterocycles. The van der Waals surface area contributed by atoms with Gasteiger partial charge in [-0.25, -0.2) is 4.39 Å². The van der Waals surface area contributed by atoms with Gasteiger partial charge in [0.25, 0.3) is 6.08 Å². The zero-order chi connectivity index (χ0) is 13.2. The van der Waals surface area contributed by atoms with E-state index in [4.69, 9.17) is 0 Å². The molecule has 16 heavy (non-hydrogen) atoms. The number of hydrogen-bond donors (Lipinski definition) is 0. The van der Waals surface area contributed by atoms with Gasteiger partial charge in [0.15, 0.2) is 0 Å². The Bertz CT molecular complexity index is 289. The Balaban J connectivity index is 5.59. The third-order valence-corrected chi connectivity index (χ3v) is 1.38. The van der Waals surface area contributed by atoms with Crippen LogP contribution in [0.1, 0.15) is 0 Å². The molecule has 0 radical (unpaired) electrons. The first-order chi connectivity index (χ1) is 6.98. The van der Waals surface area contributed by atoms with Crippen molar-refractivity contribution in [2.24, 2.45) is 0 Å². The molecule has 0 aromatic heterocycles. The summed E-state index contributed by atoms with van der Waals surface area (Å²) in [4.78, 5) is 0. The highest BCUT2D eigenvalue weighted by Gasteiger charge is 2.72. The van der Waals surface area contributed by atoms with Gasteiger partial charge in [0.1, 0.15) is 0 Å². The van der Waals surface area contributed by atoms with Crippen LogP contribution in [0.15, 0.2) is 25.0 Å². The fraction of sp³-hybridized carbons (Fsp3) is 0.429. The van der Waals surface area contributed by atoms with E-state index < -0.39 is 30.1 Å². The van der Waals surface area contributed by atoms with Crippen LogP contribution in [0.3, 0.4) is 0 Å². The van der Waals surface area contributed by atoms with E-state index in [1.54, 1.807) is 0 Å². The maximum atomic E-state index is 12.9. The van der Waals surface area contributed by atoms with Crippen molar-refractivity contribution in [1.82, 2.24) is 0 Å². The van der Waals surface area contributed by atoms with Crippen molar-refractivity contribution < 1.29 is 39.9 Å². The molecule has 1 unspecified atom stereocenters. The van der Waals surface area contributed by atoms with E-state index in [2.05, 4.69) is 11.3 Å². The van der Waals surface area contributed by atoms with Gasteiger partial charge < -0.3 is 4.74 Å². The second-order valence-electron chi connectivity index (χ2n) is 2.44. The van der Waals surface area contributed by atoms with Crippen molar-refractivity contribution in [3.8, 4) is 0 Å². The lowest BCUT2D eigenvalue weighted by atomic mass is 10.0. The molecule has 0 bridgehead atoms. The summed E-state index contributed by atoms with van der Waals surface area (Å²) in [5, 5.41) is 0. The molecule has 0 saturated carbocycles. The highest BCUT2D eigenvalue weighted by Crippen LogP contribution is 2.47. The van der Waals surface area contributed by atoms with Crippen molar-refractivity contribution in [3.05, 3.63) is 25.0 Å². The van der Waals surface area contributed by atoms with Crippen molar-refractivity contribution in [3.63, 3.8) is 0 Å². The maximum Gasteiger partial charge on any atom is 0.445 e. The molecular weight excluding hydrogens is 252 g/mol. The van der Waals surface area contributed by atoms with E-state index in [0.29, 0.717) is 0 Å². The van der Waals surface area contributed by atoms with Gasteiger partial charge >= 0.3 is 18.0 Å². The highest BCUT2D eigenvalue weighted by molar-refractivity contribution is 5.12. The van der Waals surface area contributed by atoms with Crippen LogP contribution < -0.4 is 0 Å². The van der Waals surface area contributed by atoms with Gasteiger partial charge in [0.05, 0.1) is 6.26 Å². The summed E-state index contributed by atoms with van der Waals surface area (Å²) in [5.41, 5.74) is -5.63. The zero-order valence-corrected chi connectivity index (χ0v) is 7.29. The molecular formula is C7H4F8O. The van der Waals surface area contributed by atoms with Crippen LogP contribution in [0.5, 0.6) is 0 Å². The molecule has 0 aromatic rings. The predicted octanol–water partition coefficient (Wildman–Crippen LogP) is 3.79. The van der Waals surface area contributed by atoms with E-state index in [-0.39, 0.29) is 6.26 Å². The smallest absolute Gasteiger partial charge is 0.438 e. The van der Waals surface area contributed by atoms with Crippen LogP contribution in [-0.4, -0.2) is 18.0 Å². The molecule has 9 heteroatoms. The normalized spacial score (nSPS) is 16.2. The first-order valence-corrected chi connectivity index (χ1v) is 3.44. The third kappa shape index (κ3) is 2.64. The fourth-order valence-electron chi connectivity index (χ4n) is 0.672. The third-order valence-electron chi connectivity index (χ3n) is 1.38. The van der Waals surface area contributed by atoms with Crippen molar-refractivity contribution in [2.75, 3.05) is 0 Å². The Morgan fingerprint density at radius 3 is 1.69 bits per heavy atom. The Kier molecular flexibility index (Phi) is 3.96. The second-order valence-corrected chi connectivity index (χ2v) is 2.44. The molecule has 94 valence electrons. The molecule has 0 N–H and O–H groups in total. The minimum absolute atomic E-state index is 0.190. The van der Waals surface area contributed by atoms with Crippen molar-refractivity contribution in [2.45, 2.75) is 18.0 Å². The van der Waals surface area contributed by atoms with E-state index in [1.807, 2.05) is 0 Å². The molecule has 0 spiro atoms. The topological polar surface area (TPSA) is 9.23 Å². The Hall–Kier alpha value is -1.28. The SMILES string of the molecule is C=COC(F)(F)C(F)(C=C(F)F)C(F)(F)F. The first kappa shape index (κ1) is 14.7. The van der Waals surface area contributed by atoms with E-state index >= 15 is 0 Å². The summed E-state index contributed by atoms with van der Waals surface area (Å²) in [7, 11) is 0. The summed E-state index contributed by atoms with van der Waals surface area (Å²) >= 11 is 0. The van der Waals surface area contributed by atoms with Crippen molar-refractivity contribution >= 4 is 0 Å². The lowest BCUT2D eigenvalue weighted by molar-refractivity contribution is -0.352. The van der Waals surface area contributed by atoms with Gasteiger partial charge in [0.2, 0.25) is 0 Å². The first-order valence-electron chi connectivity index (χ1n) is 3.44. The zero-order valence-electron chi connectivity index (χ0n) is 7.29. The Morgan fingerprint density at radius 1 is 1.00 bits per heavy atom. The number of halogens is 8. The highest BCUT2D eigenvalue weighted by atomic mass is 19.4. The monoisotopic (exact) mass is 256 g/mol. The largest absolute Gasteiger partial charge is 0.445 e. The molecule has 0 heterocycles. The minimum Gasteiger partial charge on any atom is -0.438 e. The number of rotatable bonds is 4. The van der Waals surface area contributed by atoms with Crippen LogP contribution >= 0.6 is 0 Å². The maximum absolute atomic E-state index is 12.9. The minimum atomic E-state index is -6.27. The molecule has 0 aliphatic carbocycles. The van der Waals surface area contributed by atoms with Crippen LogP contribution in [0.4, 0.5) is 35.1 Å². The van der Waals surface area contributed by atoms with Gasteiger partial charge in [-0.05, 0) is 0 Å². The summed E-state index contributed by atoms with van der Waals surface area (Å²) in [6.45, 7) is 2.48. The van der Waals surface area contributed by atoms with Crippen LogP contribution in [0.2, 0.25) is 0 Å². The van der Waals surface area contributed by atoms with Crippen LogP contribution in [0, 0.1) is 0 Å². The van der Waals surface area contributed by atoms with Crippen LogP contribution in [0.25, 0.3) is 0 Å². The number of hydrogen-bond acceptors (Lipinski definition) is 1. The van der Waals surface area contributed by atoms with E-state index in [1.165, 1.54) is 0 Å². The summed E-state index contributed by atoms with van der Waals surface area (Å²) in [6.07, 6.45) is -16.8. The summed E-state index contributed by atoms with van der Waals surface area (Å²) in [6, 6.07) is 0. The molecule has 1 nitrogen and oxygen atoms in total. The average molecular weight is 256 g/mol. The van der Waals surface area contributed by atoms with Gasteiger partial charge in [0, 0.05) is 6.08 Å². The molecule has 0 aromatic carbocycles. The van der Waals surface area contributed by atoms with Gasteiger partial charge in [-0.15, -0.1) is 0 Å². The molecule has 0 aliphatic heterocycles. The fourth-order valence-corrected chi connectivity index (χ4v) is 0.672. The van der Waals surface area contributed by atoms with Crippen molar-refractivity contribution in [1.29, 1.82) is 0 Å². The number of alkyl halides is 6. The predicted molar refractivity (Wildman–Crippen MR) is 36.4 cm³/mol. The van der Waals surface area contributed by atoms with E-state index in [0.717, 1.165) is 0 Å². The summed E-state index contributed by atoms with van der Waals surface area (Å²) < 4.78 is 99.9. The van der Waals surface area contributed by atoms with Crippen LogP contribution in [-0.2, 0) is 4.74 Å². The Morgan fingerprint density at radius 2 is 1.44 bits per heavy atom. The second kappa shape index (κ2) is 4.30.